The molecule has 1 spiro atoms. The Bertz CT molecular complexity index is 590. The van der Waals surface area contributed by atoms with Gasteiger partial charge < -0.3 is 14.8 Å². The molecule has 2 unspecified atom stereocenters. The van der Waals surface area contributed by atoms with E-state index in [1.807, 2.05) is 46.8 Å². The number of carbonyl (C=O) groups is 1. The van der Waals surface area contributed by atoms with Crippen LogP contribution in [-0.4, -0.2) is 32.3 Å². The summed E-state index contributed by atoms with van der Waals surface area (Å²) in [5, 5.41) is 6.22. The van der Waals surface area contributed by atoms with Crippen LogP contribution < -0.4 is 20.8 Å². The largest absolute Gasteiger partial charge is 0.487 e. The van der Waals surface area contributed by atoms with Gasteiger partial charge in [-0.15, -0.1) is 0 Å². The van der Waals surface area contributed by atoms with Crippen molar-refractivity contribution in [3.05, 3.63) is 23.8 Å². The van der Waals surface area contributed by atoms with Crippen LogP contribution in [0, 0.1) is 0 Å². The molecule has 5 nitrogen and oxygen atoms in total. The van der Waals surface area contributed by atoms with Crippen LogP contribution in [0.25, 0.3) is 0 Å². The van der Waals surface area contributed by atoms with Gasteiger partial charge in [0.25, 0.3) is 0 Å². The molecule has 2 N–H and O–H groups in total. The van der Waals surface area contributed by atoms with E-state index in [9.17, 15) is 4.79 Å². The lowest BCUT2D eigenvalue weighted by atomic mass is 9.76. The predicted molar refractivity (Wildman–Crippen MR) is 82.3 cm³/mol. The van der Waals surface area contributed by atoms with Gasteiger partial charge in [-0.3, -0.25) is 10.1 Å². The van der Waals surface area contributed by atoms with Gasteiger partial charge in [0.05, 0.1) is 0 Å². The zero-order valence-corrected chi connectivity index (χ0v) is 12.9. The standard InChI is InChI=1S/C15H21BN2O3/c1-4-20-13-17-12(19)15(18-13)8-14(2,3)21-11-6-5-9(16)7-10(11)15/h5-7,13,18H,4,8,16H2,1-3H3,(H,17,19). The molecular weight excluding hydrogens is 267 g/mol. The molecule has 0 bridgehead atoms. The second-order valence-corrected chi connectivity index (χ2v) is 6.40. The van der Waals surface area contributed by atoms with Gasteiger partial charge in [0.15, 0.2) is 6.35 Å². The first kappa shape index (κ1) is 14.4. The third-order valence-corrected chi connectivity index (χ3v) is 4.03. The first-order valence-corrected chi connectivity index (χ1v) is 7.37. The van der Waals surface area contributed by atoms with Crippen molar-refractivity contribution in [3.63, 3.8) is 0 Å². The highest BCUT2D eigenvalue weighted by molar-refractivity contribution is 6.32. The third kappa shape index (κ3) is 2.32. The SMILES string of the molecule is Bc1ccc2c(c1)C1(CC(C)(C)O2)NC(OCC)NC1=O. The summed E-state index contributed by atoms with van der Waals surface area (Å²) in [6.45, 7) is 6.44. The normalized spacial score (nSPS) is 29.9. The van der Waals surface area contributed by atoms with Crippen molar-refractivity contribution in [3.8, 4) is 5.75 Å². The molecule has 21 heavy (non-hydrogen) atoms. The lowest BCUT2D eigenvalue weighted by Gasteiger charge is -2.42. The van der Waals surface area contributed by atoms with Gasteiger partial charge in [-0.05, 0) is 26.8 Å². The van der Waals surface area contributed by atoms with E-state index in [0.717, 1.165) is 16.8 Å². The van der Waals surface area contributed by atoms with Crippen molar-refractivity contribution in [2.24, 2.45) is 0 Å². The van der Waals surface area contributed by atoms with E-state index < -0.39 is 17.5 Å². The lowest BCUT2D eigenvalue weighted by molar-refractivity contribution is -0.127. The number of benzene rings is 1. The number of carbonyl (C=O) groups excluding carboxylic acids is 1. The number of hydrogen-bond donors (Lipinski definition) is 2. The van der Waals surface area contributed by atoms with E-state index >= 15 is 0 Å². The number of hydrogen-bond acceptors (Lipinski definition) is 4. The summed E-state index contributed by atoms with van der Waals surface area (Å²) >= 11 is 0. The number of ether oxygens (including phenoxy) is 2. The highest BCUT2D eigenvalue weighted by atomic mass is 16.5. The Morgan fingerprint density at radius 3 is 2.95 bits per heavy atom. The summed E-state index contributed by atoms with van der Waals surface area (Å²) in [4.78, 5) is 12.7. The van der Waals surface area contributed by atoms with Gasteiger partial charge in [-0.2, -0.15) is 0 Å². The fraction of sp³-hybridized carbons (Fsp3) is 0.533. The van der Waals surface area contributed by atoms with Crippen LogP contribution in [-0.2, 0) is 15.1 Å². The van der Waals surface area contributed by atoms with Crippen molar-refractivity contribution in [1.82, 2.24) is 10.6 Å². The summed E-state index contributed by atoms with van der Waals surface area (Å²) in [5.74, 6) is 0.709. The van der Waals surface area contributed by atoms with E-state index in [-0.39, 0.29) is 5.91 Å². The quantitative estimate of drug-likeness (QED) is 0.736. The van der Waals surface area contributed by atoms with Crippen LogP contribution in [0.4, 0.5) is 0 Å². The third-order valence-electron chi connectivity index (χ3n) is 4.03. The van der Waals surface area contributed by atoms with Gasteiger partial charge in [0.2, 0.25) is 5.91 Å². The Hall–Kier alpha value is -1.53. The summed E-state index contributed by atoms with van der Waals surface area (Å²) < 4.78 is 11.6. The van der Waals surface area contributed by atoms with E-state index in [1.54, 1.807) is 0 Å². The van der Waals surface area contributed by atoms with E-state index in [1.165, 1.54) is 0 Å². The molecule has 0 aliphatic carbocycles. The molecule has 112 valence electrons. The zero-order chi connectivity index (χ0) is 15.3. The monoisotopic (exact) mass is 288 g/mol. The molecule has 1 aromatic rings. The van der Waals surface area contributed by atoms with Gasteiger partial charge in [0.1, 0.15) is 24.7 Å². The van der Waals surface area contributed by atoms with Crippen LogP contribution in [0.1, 0.15) is 32.8 Å². The smallest absolute Gasteiger partial charge is 0.248 e. The molecular formula is C15H21BN2O3. The first-order chi connectivity index (χ1) is 9.86. The van der Waals surface area contributed by atoms with E-state index in [2.05, 4.69) is 10.6 Å². The van der Waals surface area contributed by atoms with Crippen LogP contribution >= 0.6 is 0 Å². The molecule has 0 saturated carbocycles. The number of amides is 1. The summed E-state index contributed by atoms with van der Waals surface area (Å²) in [6.07, 6.45) is 0.107. The second kappa shape index (κ2) is 4.75. The molecule has 2 aliphatic heterocycles. The highest BCUT2D eigenvalue weighted by Gasteiger charge is 2.55. The Labute approximate surface area is 125 Å². The maximum absolute atomic E-state index is 12.7. The van der Waals surface area contributed by atoms with Crippen LogP contribution in [0.3, 0.4) is 0 Å². The summed E-state index contributed by atoms with van der Waals surface area (Å²) in [6, 6.07) is 5.96. The molecule has 0 radical (unpaired) electrons. The minimum atomic E-state index is -0.789. The van der Waals surface area contributed by atoms with Crippen LogP contribution in [0.5, 0.6) is 5.75 Å². The molecule has 3 rings (SSSR count). The molecule has 1 aromatic carbocycles. The summed E-state index contributed by atoms with van der Waals surface area (Å²) in [7, 11) is 2.01. The number of fused-ring (bicyclic) bond motifs is 2. The number of rotatable bonds is 2. The van der Waals surface area contributed by atoms with Crippen molar-refractivity contribution in [1.29, 1.82) is 0 Å². The van der Waals surface area contributed by atoms with Crippen molar-refractivity contribution in [2.75, 3.05) is 6.61 Å². The minimum Gasteiger partial charge on any atom is -0.487 e. The maximum atomic E-state index is 12.7. The van der Waals surface area contributed by atoms with Crippen LogP contribution in [0.15, 0.2) is 18.2 Å². The Morgan fingerprint density at radius 2 is 2.24 bits per heavy atom. The molecule has 2 atom stereocenters. The van der Waals surface area contributed by atoms with Crippen LogP contribution in [0.2, 0.25) is 0 Å². The van der Waals surface area contributed by atoms with Gasteiger partial charge in [0, 0.05) is 18.6 Å². The Morgan fingerprint density at radius 1 is 1.48 bits per heavy atom. The molecule has 6 heteroatoms. The predicted octanol–water partition coefficient (Wildman–Crippen LogP) is -0.259. The lowest BCUT2D eigenvalue weighted by Crippen LogP contribution is -2.54. The molecule has 1 amide bonds. The molecule has 2 aliphatic rings. The van der Waals surface area contributed by atoms with Crippen molar-refractivity contribution >= 4 is 19.2 Å². The fourth-order valence-corrected chi connectivity index (χ4v) is 3.28. The van der Waals surface area contributed by atoms with E-state index in [0.29, 0.717) is 13.0 Å². The van der Waals surface area contributed by atoms with Gasteiger partial charge >= 0.3 is 0 Å². The average molecular weight is 288 g/mol. The average Bonchev–Trinajstić information content (AvgIpc) is 2.67. The van der Waals surface area contributed by atoms with Crippen molar-refractivity contribution in [2.45, 2.75) is 44.7 Å². The van der Waals surface area contributed by atoms with Gasteiger partial charge in [-0.25, -0.2) is 0 Å². The first-order valence-electron chi connectivity index (χ1n) is 7.37. The molecule has 1 saturated heterocycles. The molecule has 0 aromatic heterocycles. The minimum absolute atomic E-state index is 0.0517. The topological polar surface area (TPSA) is 59.6 Å². The molecule has 1 fully saturated rings. The maximum Gasteiger partial charge on any atom is 0.248 e. The zero-order valence-electron chi connectivity index (χ0n) is 12.9. The molecule has 2 heterocycles. The van der Waals surface area contributed by atoms with Gasteiger partial charge in [-0.1, -0.05) is 17.6 Å². The summed E-state index contributed by atoms with van der Waals surface area (Å²) in [5.41, 5.74) is 0.781. The second-order valence-electron chi connectivity index (χ2n) is 6.40. The highest BCUT2D eigenvalue weighted by Crippen LogP contribution is 2.44. The fourth-order valence-electron chi connectivity index (χ4n) is 3.28. The van der Waals surface area contributed by atoms with Crippen molar-refractivity contribution < 1.29 is 14.3 Å². The Balaban J connectivity index is 2.09. The Kier molecular flexibility index (Phi) is 3.26. The van der Waals surface area contributed by atoms with E-state index in [4.69, 9.17) is 9.47 Å². The number of nitrogens with one attached hydrogen (secondary N) is 2.